The largest absolute Gasteiger partial charge is 0.271 e. The molecular weight excluding hydrogens is 240 g/mol. The number of hydrogen-bond acceptors (Lipinski definition) is 6. The quantitative estimate of drug-likeness (QED) is 0.647. The predicted octanol–water partition coefficient (Wildman–Crippen LogP) is 1.96. The van der Waals surface area contributed by atoms with Crippen LogP contribution in [0.5, 0.6) is 0 Å². The molecular formula is C10H14N4S2. The van der Waals surface area contributed by atoms with Gasteiger partial charge in [0.15, 0.2) is 0 Å². The van der Waals surface area contributed by atoms with Gasteiger partial charge in [-0.2, -0.15) is 0 Å². The molecule has 2 rings (SSSR count). The number of aromatic nitrogens is 2. The lowest BCUT2D eigenvalue weighted by Crippen LogP contribution is -2.29. The second-order valence-electron chi connectivity index (χ2n) is 3.60. The third-order valence-electron chi connectivity index (χ3n) is 2.24. The number of nitrogens with zero attached hydrogens (tertiary/aromatic N) is 2. The van der Waals surface area contributed by atoms with Crippen LogP contribution in [0.4, 0.5) is 0 Å². The van der Waals surface area contributed by atoms with Crippen LogP contribution in [0.3, 0.4) is 0 Å². The van der Waals surface area contributed by atoms with E-state index in [1.165, 1.54) is 0 Å². The molecule has 0 aliphatic carbocycles. The van der Waals surface area contributed by atoms with Crippen molar-refractivity contribution >= 4 is 22.7 Å². The van der Waals surface area contributed by atoms with Gasteiger partial charge in [0.25, 0.3) is 0 Å². The molecule has 0 radical (unpaired) electrons. The van der Waals surface area contributed by atoms with Gasteiger partial charge in [0, 0.05) is 22.9 Å². The molecule has 0 fully saturated rings. The molecule has 0 saturated carbocycles. The molecule has 4 nitrogen and oxygen atoms in total. The maximum atomic E-state index is 5.56. The first kappa shape index (κ1) is 11.7. The molecule has 0 aromatic carbocycles. The highest BCUT2D eigenvalue weighted by molar-refractivity contribution is 7.10. The summed E-state index contributed by atoms with van der Waals surface area (Å²) in [7, 11) is 0. The Hall–Kier alpha value is -0.820. The number of rotatable bonds is 4. The van der Waals surface area contributed by atoms with E-state index in [1.807, 2.05) is 19.2 Å². The van der Waals surface area contributed by atoms with Crippen LogP contribution in [0, 0.1) is 13.8 Å². The van der Waals surface area contributed by atoms with Crippen LogP contribution in [0.1, 0.15) is 27.4 Å². The third kappa shape index (κ3) is 2.65. The average molecular weight is 254 g/mol. The van der Waals surface area contributed by atoms with Crippen molar-refractivity contribution in [2.75, 3.05) is 0 Å². The van der Waals surface area contributed by atoms with Gasteiger partial charge in [-0.25, -0.2) is 9.97 Å². The Morgan fingerprint density at radius 1 is 1.31 bits per heavy atom. The molecule has 2 heterocycles. The van der Waals surface area contributed by atoms with E-state index in [0.717, 1.165) is 27.8 Å². The predicted molar refractivity (Wildman–Crippen MR) is 67.5 cm³/mol. The van der Waals surface area contributed by atoms with E-state index in [4.69, 9.17) is 5.84 Å². The molecule has 2 aromatic heterocycles. The summed E-state index contributed by atoms with van der Waals surface area (Å²) < 4.78 is 0. The van der Waals surface area contributed by atoms with Gasteiger partial charge in [-0.05, 0) is 13.8 Å². The minimum atomic E-state index is 0.0514. The van der Waals surface area contributed by atoms with Gasteiger partial charge in [-0.1, -0.05) is 0 Å². The van der Waals surface area contributed by atoms with Gasteiger partial charge in [-0.3, -0.25) is 11.3 Å². The zero-order chi connectivity index (χ0) is 11.5. The standard InChI is InChI=1S/C10H14N4S2/c1-6-4-16-10(12-6)3-8(14-11)9-5-15-7(2)13-9/h4-5,8,14H,3,11H2,1-2H3. The Morgan fingerprint density at radius 2 is 2.12 bits per heavy atom. The minimum absolute atomic E-state index is 0.0514. The molecule has 0 aliphatic heterocycles. The second-order valence-corrected chi connectivity index (χ2v) is 5.60. The van der Waals surface area contributed by atoms with Gasteiger partial charge >= 0.3 is 0 Å². The summed E-state index contributed by atoms with van der Waals surface area (Å²) >= 11 is 3.30. The smallest absolute Gasteiger partial charge is 0.0948 e. The maximum absolute atomic E-state index is 5.56. The Morgan fingerprint density at radius 3 is 2.62 bits per heavy atom. The van der Waals surface area contributed by atoms with Crippen LogP contribution in [-0.4, -0.2) is 9.97 Å². The van der Waals surface area contributed by atoms with Crippen LogP contribution in [-0.2, 0) is 6.42 Å². The highest BCUT2D eigenvalue weighted by Crippen LogP contribution is 2.21. The summed E-state index contributed by atoms with van der Waals surface area (Å²) in [4.78, 5) is 8.87. The average Bonchev–Trinajstić information content (AvgIpc) is 2.84. The van der Waals surface area contributed by atoms with Gasteiger partial charge in [0.1, 0.15) is 0 Å². The number of nitrogens with one attached hydrogen (secondary N) is 1. The highest BCUT2D eigenvalue weighted by Gasteiger charge is 2.15. The lowest BCUT2D eigenvalue weighted by atomic mass is 10.2. The third-order valence-corrected chi connectivity index (χ3v) is 4.02. The Labute approximate surface area is 103 Å². The molecule has 0 spiro atoms. The molecule has 0 saturated heterocycles. The maximum Gasteiger partial charge on any atom is 0.0948 e. The van der Waals surface area contributed by atoms with Crippen molar-refractivity contribution < 1.29 is 0 Å². The van der Waals surface area contributed by atoms with Crippen molar-refractivity contribution in [3.8, 4) is 0 Å². The van der Waals surface area contributed by atoms with E-state index in [2.05, 4.69) is 20.8 Å². The van der Waals surface area contributed by atoms with Crippen LogP contribution >= 0.6 is 22.7 Å². The first-order chi connectivity index (χ1) is 7.69. The molecule has 0 bridgehead atoms. The number of aryl methyl sites for hydroxylation is 2. The first-order valence-electron chi connectivity index (χ1n) is 4.98. The SMILES string of the molecule is Cc1csc(CC(NN)c2csc(C)n2)n1. The Kier molecular flexibility index (Phi) is 3.65. The molecule has 1 unspecified atom stereocenters. The number of hydrogen-bond donors (Lipinski definition) is 2. The summed E-state index contributed by atoms with van der Waals surface area (Å²) in [5.74, 6) is 5.56. The molecule has 3 N–H and O–H groups in total. The summed E-state index contributed by atoms with van der Waals surface area (Å²) in [5, 5.41) is 6.24. The summed E-state index contributed by atoms with van der Waals surface area (Å²) in [6.45, 7) is 3.99. The van der Waals surface area contributed by atoms with E-state index in [0.29, 0.717) is 0 Å². The summed E-state index contributed by atoms with van der Waals surface area (Å²) in [6, 6.07) is 0.0514. The van der Waals surface area contributed by atoms with Crippen LogP contribution in [0.15, 0.2) is 10.8 Å². The molecule has 16 heavy (non-hydrogen) atoms. The van der Waals surface area contributed by atoms with Crippen LogP contribution in [0.2, 0.25) is 0 Å². The molecule has 0 amide bonds. The van der Waals surface area contributed by atoms with Crippen LogP contribution in [0.25, 0.3) is 0 Å². The van der Waals surface area contributed by atoms with Gasteiger partial charge in [0.2, 0.25) is 0 Å². The van der Waals surface area contributed by atoms with Crippen molar-refractivity contribution in [3.63, 3.8) is 0 Å². The van der Waals surface area contributed by atoms with E-state index >= 15 is 0 Å². The van der Waals surface area contributed by atoms with Crippen molar-refractivity contribution in [2.45, 2.75) is 26.3 Å². The van der Waals surface area contributed by atoms with Gasteiger partial charge in [-0.15, -0.1) is 22.7 Å². The van der Waals surface area contributed by atoms with Crippen molar-refractivity contribution in [1.29, 1.82) is 0 Å². The molecule has 1 atom stereocenters. The fraction of sp³-hybridized carbons (Fsp3) is 0.400. The van der Waals surface area contributed by atoms with Crippen molar-refractivity contribution in [1.82, 2.24) is 15.4 Å². The zero-order valence-corrected chi connectivity index (χ0v) is 10.9. The molecule has 2 aromatic rings. The highest BCUT2D eigenvalue weighted by atomic mass is 32.1. The van der Waals surface area contributed by atoms with Crippen LogP contribution < -0.4 is 11.3 Å². The minimum Gasteiger partial charge on any atom is -0.271 e. The zero-order valence-electron chi connectivity index (χ0n) is 9.23. The topological polar surface area (TPSA) is 63.8 Å². The van der Waals surface area contributed by atoms with Crippen molar-refractivity contribution in [3.05, 3.63) is 32.2 Å². The fourth-order valence-electron chi connectivity index (χ4n) is 1.46. The van der Waals surface area contributed by atoms with E-state index in [9.17, 15) is 0 Å². The summed E-state index contributed by atoms with van der Waals surface area (Å²) in [6.07, 6.45) is 0.790. The number of nitrogens with two attached hydrogens (primary N) is 1. The fourth-order valence-corrected chi connectivity index (χ4v) is 2.95. The number of thiazole rings is 2. The van der Waals surface area contributed by atoms with Crippen molar-refractivity contribution in [2.24, 2.45) is 5.84 Å². The van der Waals surface area contributed by atoms with E-state index < -0.39 is 0 Å². The van der Waals surface area contributed by atoms with Gasteiger partial charge in [0.05, 0.1) is 21.8 Å². The lowest BCUT2D eigenvalue weighted by molar-refractivity contribution is 0.539. The molecule has 6 heteroatoms. The van der Waals surface area contributed by atoms with Gasteiger partial charge < -0.3 is 0 Å². The Bertz CT molecular complexity index is 463. The second kappa shape index (κ2) is 5.01. The van der Waals surface area contributed by atoms with E-state index in [-0.39, 0.29) is 6.04 Å². The monoisotopic (exact) mass is 254 g/mol. The number of hydrazine groups is 1. The summed E-state index contributed by atoms with van der Waals surface area (Å²) in [5.41, 5.74) is 4.86. The Balaban J connectivity index is 2.12. The van der Waals surface area contributed by atoms with E-state index in [1.54, 1.807) is 22.7 Å². The molecule has 86 valence electrons. The normalized spacial score (nSPS) is 12.9. The molecule has 0 aliphatic rings. The lowest BCUT2D eigenvalue weighted by Gasteiger charge is -2.11. The first-order valence-corrected chi connectivity index (χ1v) is 6.74.